The van der Waals surface area contributed by atoms with Crippen LogP contribution in [0.2, 0.25) is 0 Å². The number of carbonyl (C=O) groups is 1. The zero-order valence-corrected chi connectivity index (χ0v) is 22.4. The largest absolute Gasteiger partial charge is 0.444 e. The Bertz CT molecular complexity index is 1480. The highest BCUT2D eigenvalue weighted by atomic mass is 16.6. The van der Waals surface area contributed by atoms with E-state index in [9.17, 15) is 4.79 Å². The van der Waals surface area contributed by atoms with Crippen LogP contribution in [0.4, 0.5) is 10.6 Å². The first kappa shape index (κ1) is 24.4. The van der Waals surface area contributed by atoms with E-state index in [2.05, 4.69) is 47.0 Å². The molecule has 2 aromatic heterocycles. The third-order valence-corrected chi connectivity index (χ3v) is 7.40. The molecule has 1 amide bonds. The van der Waals surface area contributed by atoms with Crippen LogP contribution >= 0.6 is 0 Å². The van der Waals surface area contributed by atoms with Gasteiger partial charge in [-0.3, -0.25) is 0 Å². The summed E-state index contributed by atoms with van der Waals surface area (Å²) in [7, 11) is 1.91. The number of fused-ring (bicyclic) bond motifs is 1. The zero-order chi connectivity index (χ0) is 26.5. The molecule has 2 saturated carbocycles. The van der Waals surface area contributed by atoms with E-state index in [1.54, 1.807) is 0 Å². The highest BCUT2D eigenvalue weighted by Gasteiger charge is 2.41. The highest BCUT2D eigenvalue weighted by Crippen LogP contribution is 2.44. The van der Waals surface area contributed by atoms with E-state index in [0.717, 1.165) is 71.7 Å². The average molecular weight is 511 g/mol. The Kier molecular flexibility index (Phi) is 5.85. The van der Waals surface area contributed by atoms with Crippen molar-refractivity contribution in [3.63, 3.8) is 0 Å². The highest BCUT2D eigenvalue weighted by molar-refractivity contribution is 5.89. The van der Waals surface area contributed by atoms with Crippen molar-refractivity contribution in [1.82, 2.24) is 24.9 Å². The van der Waals surface area contributed by atoms with Crippen molar-refractivity contribution in [2.45, 2.75) is 69.9 Å². The van der Waals surface area contributed by atoms with Crippen LogP contribution in [-0.4, -0.2) is 38.3 Å². The molecule has 0 atom stereocenters. The molecule has 8 heteroatoms. The lowest BCUT2D eigenvalue weighted by molar-refractivity contribution is 0.0377. The van der Waals surface area contributed by atoms with Crippen LogP contribution in [0.25, 0.3) is 28.2 Å². The minimum absolute atomic E-state index is 0.378. The van der Waals surface area contributed by atoms with Crippen molar-refractivity contribution in [3.05, 3.63) is 66.0 Å². The number of hydrogen-bond acceptors (Lipinski definition) is 6. The molecule has 2 heterocycles. The third kappa shape index (κ3) is 4.48. The Morgan fingerprint density at radius 2 is 1.71 bits per heavy atom. The second-order valence-electron chi connectivity index (χ2n) is 11.4. The number of amides is 1. The fraction of sp³-hybridized carbons (Fsp3) is 0.400. The predicted molar refractivity (Wildman–Crippen MR) is 148 cm³/mol. The SMILES string of the molecule is CNc1c(-c2ccccc2)c(-c2ccc(C3(NC(=O)OC(C)(C)C)CCC3)cc2)nc2nc(C3CC3)nn12. The van der Waals surface area contributed by atoms with E-state index in [0.29, 0.717) is 11.7 Å². The molecule has 2 N–H and O–H groups in total. The Balaban J connectivity index is 1.42. The lowest BCUT2D eigenvalue weighted by Crippen LogP contribution is -2.52. The number of benzene rings is 2. The standard InChI is InChI=1S/C30H34N6O2/c1-29(2,3)38-28(37)34-30(17-8-18-30)22-15-13-20(14-16-22)24-23(19-9-6-5-7-10-19)26(31-4)36-27(32-24)33-25(35-36)21-11-12-21/h5-7,9-10,13-16,21,31H,8,11-12,17-18H2,1-4H3,(H,34,37). The summed E-state index contributed by atoms with van der Waals surface area (Å²) < 4.78 is 7.39. The number of carbonyl (C=O) groups excluding carboxylic acids is 1. The van der Waals surface area contributed by atoms with Gasteiger partial charge < -0.3 is 15.4 Å². The van der Waals surface area contributed by atoms with Gasteiger partial charge in [-0.25, -0.2) is 9.78 Å². The quantitative estimate of drug-likeness (QED) is 0.317. The minimum atomic E-state index is -0.539. The lowest BCUT2D eigenvalue weighted by Gasteiger charge is -2.43. The Labute approximate surface area is 222 Å². The van der Waals surface area contributed by atoms with Gasteiger partial charge in [0, 0.05) is 18.5 Å². The summed E-state index contributed by atoms with van der Waals surface area (Å²) in [6.07, 6.45) is 4.72. The van der Waals surface area contributed by atoms with E-state index in [4.69, 9.17) is 19.8 Å². The molecule has 2 fully saturated rings. The van der Waals surface area contributed by atoms with E-state index in [1.165, 1.54) is 0 Å². The Morgan fingerprint density at radius 1 is 1.00 bits per heavy atom. The molecule has 0 aliphatic heterocycles. The van der Waals surface area contributed by atoms with Gasteiger partial charge in [-0.05, 0) is 64.0 Å². The molecule has 4 aromatic rings. The van der Waals surface area contributed by atoms with Gasteiger partial charge in [0.1, 0.15) is 11.4 Å². The topological polar surface area (TPSA) is 93.4 Å². The van der Waals surface area contributed by atoms with Crippen LogP contribution in [0.1, 0.15) is 70.2 Å². The van der Waals surface area contributed by atoms with Crippen molar-refractivity contribution < 1.29 is 9.53 Å². The average Bonchev–Trinajstić information content (AvgIpc) is 3.63. The lowest BCUT2D eigenvalue weighted by atomic mass is 9.71. The summed E-state index contributed by atoms with van der Waals surface area (Å²) in [6, 6.07) is 18.7. The van der Waals surface area contributed by atoms with E-state index in [1.807, 2.05) is 50.5 Å². The van der Waals surface area contributed by atoms with Crippen molar-refractivity contribution in [3.8, 4) is 22.4 Å². The monoisotopic (exact) mass is 510 g/mol. The van der Waals surface area contributed by atoms with E-state index < -0.39 is 11.1 Å². The number of ether oxygens (including phenoxy) is 1. The minimum Gasteiger partial charge on any atom is -0.444 e. The summed E-state index contributed by atoms with van der Waals surface area (Å²) in [5, 5.41) is 11.3. The number of nitrogens with zero attached hydrogens (tertiary/aromatic N) is 4. The van der Waals surface area contributed by atoms with Gasteiger partial charge in [0.25, 0.3) is 5.78 Å². The fourth-order valence-corrected chi connectivity index (χ4v) is 5.21. The molecule has 0 saturated heterocycles. The van der Waals surface area contributed by atoms with Crippen molar-refractivity contribution in [1.29, 1.82) is 0 Å². The Morgan fingerprint density at radius 3 is 2.29 bits per heavy atom. The number of aromatic nitrogens is 4. The second-order valence-corrected chi connectivity index (χ2v) is 11.4. The Hall–Kier alpha value is -3.94. The van der Waals surface area contributed by atoms with Crippen LogP contribution in [0.5, 0.6) is 0 Å². The third-order valence-electron chi connectivity index (χ3n) is 7.40. The summed E-state index contributed by atoms with van der Waals surface area (Å²) in [4.78, 5) is 22.4. The number of hydrogen-bond donors (Lipinski definition) is 2. The van der Waals surface area contributed by atoms with Gasteiger partial charge in [0.05, 0.1) is 16.8 Å². The molecule has 196 valence electrons. The maximum absolute atomic E-state index is 12.6. The number of anilines is 1. The summed E-state index contributed by atoms with van der Waals surface area (Å²) in [5.41, 5.74) is 3.99. The van der Waals surface area contributed by atoms with Gasteiger partial charge in [-0.15, -0.1) is 5.10 Å². The maximum Gasteiger partial charge on any atom is 0.408 e. The van der Waals surface area contributed by atoms with Gasteiger partial charge in [-0.1, -0.05) is 54.6 Å². The molecule has 2 aliphatic carbocycles. The van der Waals surface area contributed by atoms with E-state index in [-0.39, 0.29) is 6.09 Å². The normalized spacial score (nSPS) is 16.6. The molecule has 38 heavy (non-hydrogen) atoms. The molecule has 2 aliphatic rings. The predicted octanol–water partition coefficient (Wildman–Crippen LogP) is 6.28. The number of alkyl carbamates (subject to hydrolysis) is 1. The van der Waals surface area contributed by atoms with Crippen molar-refractivity contribution in [2.24, 2.45) is 0 Å². The second kappa shape index (κ2) is 9.11. The molecular formula is C30H34N6O2. The summed E-state index contributed by atoms with van der Waals surface area (Å²) in [6.45, 7) is 5.64. The van der Waals surface area contributed by atoms with E-state index >= 15 is 0 Å². The molecular weight excluding hydrogens is 476 g/mol. The molecule has 0 unspecified atom stereocenters. The van der Waals surface area contributed by atoms with Crippen LogP contribution in [0, 0.1) is 0 Å². The molecule has 8 nitrogen and oxygen atoms in total. The van der Waals surface area contributed by atoms with Crippen LogP contribution in [-0.2, 0) is 10.3 Å². The maximum atomic E-state index is 12.6. The van der Waals surface area contributed by atoms with Crippen molar-refractivity contribution in [2.75, 3.05) is 12.4 Å². The first-order valence-electron chi connectivity index (χ1n) is 13.4. The molecule has 0 radical (unpaired) electrons. The van der Waals surface area contributed by atoms with Gasteiger partial charge in [0.2, 0.25) is 0 Å². The summed E-state index contributed by atoms with van der Waals surface area (Å²) >= 11 is 0. The summed E-state index contributed by atoms with van der Waals surface area (Å²) in [5.74, 6) is 2.75. The van der Waals surface area contributed by atoms with Crippen LogP contribution in [0.3, 0.4) is 0 Å². The van der Waals surface area contributed by atoms with Crippen LogP contribution in [0.15, 0.2) is 54.6 Å². The number of rotatable bonds is 6. The number of nitrogens with one attached hydrogen (secondary N) is 2. The fourth-order valence-electron chi connectivity index (χ4n) is 5.21. The molecule has 0 spiro atoms. The van der Waals surface area contributed by atoms with Crippen LogP contribution < -0.4 is 10.6 Å². The van der Waals surface area contributed by atoms with Crippen molar-refractivity contribution >= 4 is 17.7 Å². The first-order chi connectivity index (χ1) is 18.3. The van der Waals surface area contributed by atoms with Gasteiger partial charge in [-0.2, -0.15) is 9.50 Å². The molecule has 2 aromatic carbocycles. The smallest absolute Gasteiger partial charge is 0.408 e. The van der Waals surface area contributed by atoms with Gasteiger partial charge >= 0.3 is 6.09 Å². The zero-order valence-electron chi connectivity index (χ0n) is 22.4. The molecule has 0 bridgehead atoms. The molecule has 6 rings (SSSR count). The van der Waals surface area contributed by atoms with Gasteiger partial charge in [0.15, 0.2) is 5.82 Å². The first-order valence-corrected chi connectivity index (χ1v) is 13.4.